The molecule has 2 heteroatoms. The molecule has 0 heterocycles. The van der Waals surface area contributed by atoms with Crippen molar-refractivity contribution in [2.24, 2.45) is 11.5 Å². The van der Waals surface area contributed by atoms with E-state index >= 15 is 0 Å². The first-order valence-electron chi connectivity index (χ1n) is 6.21. The highest BCUT2D eigenvalue weighted by Gasteiger charge is 2.06. The van der Waals surface area contributed by atoms with E-state index in [2.05, 4.69) is 13.8 Å². The standard InChI is InChI=1S/C12H28N2/c1-3-5-6-7-8-9-12(14)10-11(13)4-2/h11-12H,3-10,13-14H2,1-2H3. The Labute approximate surface area is 89.4 Å². The van der Waals surface area contributed by atoms with E-state index in [1.165, 1.54) is 32.1 Å². The van der Waals surface area contributed by atoms with Gasteiger partial charge in [0.25, 0.3) is 0 Å². The van der Waals surface area contributed by atoms with Crippen molar-refractivity contribution in [3.05, 3.63) is 0 Å². The fourth-order valence-electron chi connectivity index (χ4n) is 1.68. The first-order chi connectivity index (χ1) is 6.70. The predicted octanol–water partition coefficient (Wildman–Crippen LogP) is 2.80. The van der Waals surface area contributed by atoms with Gasteiger partial charge in [0.05, 0.1) is 0 Å². The van der Waals surface area contributed by atoms with Gasteiger partial charge in [-0.15, -0.1) is 0 Å². The number of nitrogens with two attached hydrogens (primary N) is 2. The van der Waals surface area contributed by atoms with Crippen LogP contribution < -0.4 is 11.5 Å². The van der Waals surface area contributed by atoms with Gasteiger partial charge in [0.1, 0.15) is 0 Å². The van der Waals surface area contributed by atoms with Crippen molar-refractivity contribution in [2.75, 3.05) is 0 Å². The summed E-state index contributed by atoms with van der Waals surface area (Å²) in [6, 6.07) is 0.632. The van der Waals surface area contributed by atoms with Crippen molar-refractivity contribution in [1.82, 2.24) is 0 Å². The molecule has 0 amide bonds. The van der Waals surface area contributed by atoms with Gasteiger partial charge in [0, 0.05) is 12.1 Å². The maximum absolute atomic E-state index is 5.98. The van der Waals surface area contributed by atoms with Crippen molar-refractivity contribution >= 4 is 0 Å². The van der Waals surface area contributed by atoms with Gasteiger partial charge in [-0.25, -0.2) is 0 Å². The topological polar surface area (TPSA) is 52.0 Å². The molecule has 86 valence electrons. The summed E-state index contributed by atoms with van der Waals surface area (Å²) in [7, 11) is 0. The zero-order chi connectivity index (χ0) is 10.8. The summed E-state index contributed by atoms with van der Waals surface area (Å²) in [6.45, 7) is 4.37. The van der Waals surface area contributed by atoms with Crippen LogP contribution in [-0.4, -0.2) is 12.1 Å². The van der Waals surface area contributed by atoms with E-state index in [1.54, 1.807) is 0 Å². The third-order valence-corrected chi connectivity index (χ3v) is 2.81. The summed E-state index contributed by atoms with van der Waals surface area (Å²) in [4.78, 5) is 0. The molecule has 0 bridgehead atoms. The lowest BCUT2D eigenvalue weighted by molar-refractivity contribution is 0.465. The monoisotopic (exact) mass is 200 g/mol. The van der Waals surface area contributed by atoms with Gasteiger partial charge in [-0.05, 0) is 19.3 Å². The summed E-state index contributed by atoms with van der Waals surface area (Å²) in [5, 5.41) is 0. The zero-order valence-corrected chi connectivity index (χ0v) is 9.97. The van der Waals surface area contributed by atoms with E-state index in [1.807, 2.05) is 0 Å². The van der Waals surface area contributed by atoms with Crippen LogP contribution in [0, 0.1) is 0 Å². The molecule has 0 radical (unpaired) electrons. The van der Waals surface area contributed by atoms with Gasteiger partial charge < -0.3 is 11.5 Å². The minimum absolute atomic E-state index is 0.306. The maximum Gasteiger partial charge on any atom is 0.00535 e. The zero-order valence-electron chi connectivity index (χ0n) is 9.97. The number of hydrogen-bond donors (Lipinski definition) is 2. The van der Waals surface area contributed by atoms with Crippen molar-refractivity contribution < 1.29 is 0 Å². The SMILES string of the molecule is CCCCCCCC(N)CC(N)CC. The summed E-state index contributed by atoms with van der Waals surface area (Å²) in [5.74, 6) is 0. The Hall–Kier alpha value is -0.0800. The normalized spacial score (nSPS) is 15.4. The number of rotatable bonds is 9. The third-order valence-electron chi connectivity index (χ3n) is 2.81. The molecule has 0 saturated heterocycles. The van der Waals surface area contributed by atoms with Crippen LogP contribution in [0.4, 0.5) is 0 Å². The predicted molar refractivity (Wildman–Crippen MR) is 64.2 cm³/mol. The first kappa shape index (κ1) is 13.9. The van der Waals surface area contributed by atoms with Crippen LogP contribution in [0.1, 0.15) is 65.2 Å². The minimum Gasteiger partial charge on any atom is -0.328 e. The molecule has 2 atom stereocenters. The summed E-state index contributed by atoms with van der Waals surface area (Å²) >= 11 is 0. The second-order valence-electron chi connectivity index (χ2n) is 4.37. The van der Waals surface area contributed by atoms with Crippen LogP contribution in [-0.2, 0) is 0 Å². The second-order valence-corrected chi connectivity index (χ2v) is 4.37. The Morgan fingerprint density at radius 3 is 2.07 bits per heavy atom. The second kappa shape index (κ2) is 9.47. The average Bonchev–Trinajstić information content (AvgIpc) is 2.17. The molecular formula is C12H28N2. The Bertz CT molecular complexity index is 115. The van der Waals surface area contributed by atoms with Crippen LogP contribution in [0.15, 0.2) is 0 Å². The highest BCUT2D eigenvalue weighted by molar-refractivity contribution is 4.69. The van der Waals surface area contributed by atoms with Gasteiger partial charge in [0.15, 0.2) is 0 Å². The molecule has 2 nitrogen and oxygen atoms in total. The molecular weight excluding hydrogens is 172 g/mol. The molecule has 0 aliphatic heterocycles. The Balaban J connectivity index is 3.22. The van der Waals surface area contributed by atoms with E-state index in [9.17, 15) is 0 Å². The molecule has 0 spiro atoms. The molecule has 0 rings (SSSR count). The molecule has 2 unspecified atom stereocenters. The van der Waals surface area contributed by atoms with Gasteiger partial charge in [-0.2, -0.15) is 0 Å². The lowest BCUT2D eigenvalue weighted by Crippen LogP contribution is -2.30. The smallest absolute Gasteiger partial charge is 0.00535 e. The van der Waals surface area contributed by atoms with E-state index < -0.39 is 0 Å². The fourth-order valence-corrected chi connectivity index (χ4v) is 1.68. The molecule has 0 aliphatic carbocycles. The summed E-state index contributed by atoms with van der Waals surface area (Å²) < 4.78 is 0. The Morgan fingerprint density at radius 1 is 0.857 bits per heavy atom. The molecule has 4 N–H and O–H groups in total. The molecule has 0 aromatic carbocycles. The van der Waals surface area contributed by atoms with Crippen LogP contribution >= 0.6 is 0 Å². The lowest BCUT2D eigenvalue weighted by atomic mass is 10.0. The summed E-state index contributed by atoms with van der Waals surface area (Å²) in [5.41, 5.74) is 11.8. The highest BCUT2D eigenvalue weighted by atomic mass is 14.7. The van der Waals surface area contributed by atoms with Gasteiger partial charge in [-0.1, -0.05) is 46.0 Å². The van der Waals surface area contributed by atoms with Gasteiger partial charge >= 0.3 is 0 Å². The third kappa shape index (κ3) is 8.52. The number of hydrogen-bond acceptors (Lipinski definition) is 2. The van der Waals surface area contributed by atoms with Crippen molar-refractivity contribution in [2.45, 2.75) is 77.3 Å². The fraction of sp³-hybridized carbons (Fsp3) is 1.00. The van der Waals surface area contributed by atoms with E-state index in [0.29, 0.717) is 12.1 Å². The Kier molecular flexibility index (Phi) is 9.42. The van der Waals surface area contributed by atoms with Crippen LogP contribution in [0.5, 0.6) is 0 Å². The van der Waals surface area contributed by atoms with E-state index in [-0.39, 0.29) is 0 Å². The Morgan fingerprint density at radius 2 is 1.50 bits per heavy atom. The van der Waals surface area contributed by atoms with Gasteiger partial charge in [-0.3, -0.25) is 0 Å². The first-order valence-corrected chi connectivity index (χ1v) is 6.21. The quantitative estimate of drug-likeness (QED) is 0.562. The average molecular weight is 200 g/mol. The molecule has 0 saturated carbocycles. The van der Waals surface area contributed by atoms with Crippen molar-refractivity contribution in [1.29, 1.82) is 0 Å². The maximum atomic E-state index is 5.98. The van der Waals surface area contributed by atoms with Crippen molar-refractivity contribution in [3.63, 3.8) is 0 Å². The minimum atomic E-state index is 0.306. The van der Waals surface area contributed by atoms with E-state index in [0.717, 1.165) is 19.3 Å². The molecule has 0 aliphatic rings. The van der Waals surface area contributed by atoms with Crippen LogP contribution in [0.25, 0.3) is 0 Å². The largest absolute Gasteiger partial charge is 0.328 e. The molecule has 14 heavy (non-hydrogen) atoms. The molecule has 0 fully saturated rings. The van der Waals surface area contributed by atoms with Gasteiger partial charge in [0.2, 0.25) is 0 Å². The number of unbranched alkanes of at least 4 members (excludes halogenated alkanes) is 4. The lowest BCUT2D eigenvalue weighted by Gasteiger charge is -2.15. The highest BCUT2D eigenvalue weighted by Crippen LogP contribution is 2.09. The molecule has 0 aromatic heterocycles. The van der Waals surface area contributed by atoms with Crippen LogP contribution in [0.2, 0.25) is 0 Å². The van der Waals surface area contributed by atoms with Crippen LogP contribution in [0.3, 0.4) is 0 Å². The van der Waals surface area contributed by atoms with Crippen molar-refractivity contribution in [3.8, 4) is 0 Å². The summed E-state index contributed by atoms with van der Waals surface area (Å²) in [6.07, 6.45) is 9.84. The molecule has 0 aromatic rings. The van der Waals surface area contributed by atoms with E-state index in [4.69, 9.17) is 11.5 Å².